The second-order valence-electron chi connectivity index (χ2n) is 13.1. The molecule has 0 N–H and O–H groups in total. The van der Waals surface area contributed by atoms with Crippen LogP contribution in [-0.4, -0.2) is 53.6 Å². The number of esters is 2. The van der Waals surface area contributed by atoms with Gasteiger partial charge in [0.15, 0.2) is 29.8 Å². The fourth-order valence-electron chi connectivity index (χ4n) is 7.51. The van der Waals surface area contributed by atoms with Gasteiger partial charge in [0, 0.05) is 37.0 Å². The lowest BCUT2D eigenvalue weighted by atomic mass is 9.93. The number of hydrogen-bond acceptors (Lipinski definition) is 9. The molecule has 0 aliphatic rings. The van der Waals surface area contributed by atoms with Gasteiger partial charge < -0.3 is 33.2 Å². The molecule has 0 spiro atoms. The molecule has 55 heavy (non-hydrogen) atoms. The first-order chi connectivity index (χ1) is 26.8. The molecule has 9 nitrogen and oxygen atoms in total. The molecule has 0 fully saturated rings. The topological polar surface area (TPSA) is 98.8 Å². The van der Waals surface area contributed by atoms with Crippen molar-refractivity contribution in [3.63, 3.8) is 0 Å². The van der Waals surface area contributed by atoms with Crippen LogP contribution >= 0.6 is 0 Å². The summed E-state index contributed by atoms with van der Waals surface area (Å²) in [6, 6.07) is 38.7. The van der Waals surface area contributed by atoms with E-state index in [1.54, 1.807) is 19.1 Å². The lowest BCUT2D eigenvalue weighted by Crippen LogP contribution is -2.31. The van der Waals surface area contributed by atoms with Crippen LogP contribution < -0.4 is 14.2 Å². The van der Waals surface area contributed by atoms with E-state index in [0.29, 0.717) is 33.9 Å². The van der Waals surface area contributed by atoms with Gasteiger partial charge in [-0.1, -0.05) is 97.1 Å². The number of hydrogen-bond donors (Lipinski definition) is 0. The highest BCUT2D eigenvalue weighted by Gasteiger charge is 2.37. The molecule has 7 aromatic rings. The fraction of sp³-hybridized carbons (Fsp3) is 0.217. The third-order valence-corrected chi connectivity index (χ3v) is 10.1. The van der Waals surface area contributed by atoms with Crippen LogP contribution in [0, 0.1) is 0 Å². The molecule has 0 heterocycles. The smallest absolute Gasteiger partial charge is 0.340 e. The molecule has 0 aromatic heterocycles. The molecule has 0 amide bonds. The minimum Gasteiger partial charge on any atom is -0.496 e. The van der Waals surface area contributed by atoms with Crippen molar-refractivity contribution in [2.24, 2.45) is 0 Å². The number of carbonyl (C=O) groups is 2. The monoisotopic (exact) mass is 738 g/mol. The van der Waals surface area contributed by atoms with Gasteiger partial charge in [-0.05, 0) is 68.2 Å². The maximum absolute atomic E-state index is 14.6. The molecule has 0 radical (unpaired) electrons. The Hall–Kier alpha value is -6.16. The number of rotatable bonds is 13. The van der Waals surface area contributed by atoms with Crippen molar-refractivity contribution >= 4 is 55.0 Å². The number of benzene rings is 7. The van der Waals surface area contributed by atoms with Gasteiger partial charge >= 0.3 is 11.9 Å². The summed E-state index contributed by atoms with van der Waals surface area (Å²) in [7, 11) is 7.45. The molecule has 0 saturated heterocycles. The minimum absolute atomic E-state index is 0.325. The second-order valence-corrected chi connectivity index (χ2v) is 13.1. The summed E-state index contributed by atoms with van der Waals surface area (Å²) in [4.78, 5) is 29.0. The summed E-state index contributed by atoms with van der Waals surface area (Å²) in [6.07, 6.45) is -4.53. The van der Waals surface area contributed by atoms with Crippen molar-refractivity contribution in [3.05, 3.63) is 138 Å². The Morgan fingerprint density at radius 3 is 1.20 bits per heavy atom. The largest absolute Gasteiger partial charge is 0.496 e. The zero-order chi connectivity index (χ0) is 38.6. The van der Waals surface area contributed by atoms with Gasteiger partial charge in [0.1, 0.15) is 11.9 Å². The van der Waals surface area contributed by atoms with Crippen molar-refractivity contribution < 1.29 is 42.7 Å². The van der Waals surface area contributed by atoms with Crippen LogP contribution in [0.15, 0.2) is 121 Å². The molecule has 4 atom stereocenters. The summed E-state index contributed by atoms with van der Waals surface area (Å²) in [5, 5.41) is 7.18. The van der Waals surface area contributed by atoms with E-state index in [9.17, 15) is 9.59 Å². The molecule has 0 saturated carbocycles. The van der Waals surface area contributed by atoms with Crippen molar-refractivity contribution in [2.45, 2.75) is 31.3 Å². The van der Waals surface area contributed by atoms with E-state index in [0.717, 1.165) is 43.1 Å². The lowest BCUT2D eigenvalue weighted by molar-refractivity contribution is -0.180. The third-order valence-electron chi connectivity index (χ3n) is 10.1. The first-order valence-corrected chi connectivity index (χ1v) is 17.9. The van der Waals surface area contributed by atoms with Crippen LogP contribution in [-0.2, 0) is 28.5 Å². The summed E-state index contributed by atoms with van der Waals surface area (Å²) < 4.78 is 41.6. The average Bonchev–Trinajstić information content (AvgIpc) is 3.22. The zero-order valence-corrected chi connectivity index (χ0v) is 31.5. The Balaban J connectivity index is 1.31. The summed E-state index contributed by atoms with van der Waals surface area (Å²) in [6.45, 7) is 1.66. The summed E-state index contributed by atoms with van der Waals surface area (Å²) >= 11 is 0. The van der Waals surface area contributed by atoms with E-state index in [2.05, 4.69) is 12.1 Å². The van der Waals surface area contributed by atoms with Gasteiger partial charge in [0.05, 0.1) is 21.3 Å². The number of fused-ring (bicyclic) bond motifs is 4. The van der Waals surface area contributed by atoms with Crippen LogP contribution in [0.4, 0.5) is 0 Å². The van der Waals surface area contributed by atoms with Gasteiger partial charge in [0.2, 0.25) is 0 Å². The highest BCUT2D eigenvalue weighted by molar-refractivity contribution is 6.06. The maximum Gasteiger partial charge on any atom is 0.340 e. The Morgan fingerprint density at radius 1 is 0.455 bits per heavy atom. The van der Waals surface area contributed by atoms with Crippen LogP contribution in [0.1, 0.15) is 41.9 Å². The molecule has 0 unspecified atom stereocenters. The fourth-order valence-corrected chi connectivity index (χ4v) is 7.51. The zero-order valence-electron chi connectivity index (χ0n) is 31.5. The van der Waals surface area contributed by atoms with E-state index in [-0.39, 0.29) is 0 Å². The lowest BCUT2D eigenvalue weighted by Gasteiger charge is -2.29. The Labute approximate surface area is 319 Å². The first kappa shape index (κ1) is 37.2. The van der Waals surface area contributed by atoms with E-state index >= 15 is 0 Å². The van der Waals surface area contributed by atoms with E-state index in [1.807, 2.05) is 97.1 Å². The minimum atomic E-state index is -1.20. The molecular weight excluding hydrogens is 696 g/mol. The molecule has 0 aliphatic heterocycles. The molecule has 280 valence electrons. The van der Waals surface area contributed by atoms with Crippen LogP contribution in [0.25, 0.3) is 43.1 Å². The van der Waals surface area contributed by atoms with E-state index < -0.39 is 36.4 Å². The summed E-state index contributed by atoms with van der Waals surface area (Å²) in [5.41, 5.74) is 1.72. The molecule has 9 heteroatoms. The van der Waals surface area contributed by atoms with E-state index in [1.165, 1.54) is 35.5 Å². The number of carbonyl (C=O) groups excluding carboxylic acids is 2. The highest BCUT2D eigenvalue weighted by atomic mass is 16.6. The van der Waals surface area contributed by atoms with Gasteiger partial charge in [0.25, 0.3) is 0 Å². The molecule has 7 rings (SSSR count). The Bertz CT molecular complexity index is 2420. The third kappa shape index (κ3) is 7.00. The highest BCUT2D eigenvalue weighted by Crippen LogP contribution is 2.43. The van der Waals surface area contributed by atoms with E-state index in [4.69, 9.17) is 33.2 Å². The van der Waals surface area contributed by atoms with Gasteiger partial charge in [-0.15, -0.1) is 0 Å². The van der Waals surface area contributed by atoms with Crippen molar-refractivity contribution in [2.75, 3.05) is 35.5 Å². The molecule has 7 aromatic carbocycles. The Kier molecular flexibility index (Phi) is 10.9. The van der Waals surface area contributed by atoms with Crippen LogP contribution in [0.5, 0.6) is 17.2 Å². The predicted octanol–water partition coefficient (Wildman–Crippen LogP) is 9.62. The molecule has 0 aliphatic carbocycles. The molecule has 0 bridgehead atoms. The average molecular weight is 739 g/mol. The second kappa shape index (κ2) is 16.1. The number of methoxy groups -OCH3 is 5. The first-order valence-electron chi connectivity index (χ1n) is 17.9. The molecular formula is C46H42O9. The van der Waals surface area contributed by atoms with Crippen LogP contribution in [0.3, 0.4) is 0 Å². The SMILES string of the molecule is COc1cc(OC)c([C@@H](OC(=O)[C@@H](OC)c2c3ccccc3cc3ccccc23)[C@H](C)OC(=O)[C@@H](OC)c2c3ccccc3cc3ccccc23)cc1OC. The quantitative estimate of drug-likeness (QED) is 0.0846. The summed E-state index contributed by atoms with van der Waals surface area (Å²) in [5.74, 6) is -0.279. The maximum atomic E-state index is 14.6. The van der Waals surface area contributed by atoms with Gasteiger partial charge in [-0.2, -0.15) is 0 Å². The van der Waals surface area contributed by atoms with Crippen LogP contribution in [0.2, 0.25) is 0 Å². The van der Waals surface area contributed by atoms with Gasteiger partial charge in [-0.3, -0.25) is 0 Å². The normalized spacial score (nSPS) is 13.6. The predicted molar refractivity (Wildman–Crippen MR) is 213 cm³/mol. The Morgan fingerprint density at radius 2 is 0.818 bits per heavy atom. The van der Waals surface area contributed by atoms with Gasteiger partial charge in [-0.25, -0.2) is 9.59 Å². The van der Waals surface area contributed by atoms with Crippen molar-refractivity contribution in [1.82, 2.24) is 0 Å². The van der Waals surface area contributed by atoms with Crippen molar-refractivity contribution in [1.29, 1.82) is 0 Å². The number of ether oxygens (including phenoxy) is 7. The standard InChI is InChI=1S/C46H42O9/c1-27(54-45(47)43(52-5)40-32-19-11-7-15-28(32)23-29-16-8-12-20-33(29)40)42(36-25-38(50-3)39(51-4)26-37(36)49-2)55-46(48)44(53-6)41-34-21-13-9-17-30(34)24-31-18-10-14-22-35(31)41/h7-27,42-44H,1-6H3/t27-,42-,43-,44-/m0/s1. The van der Waals surface area contributed by atoms with Crippen molar-refractivity contribution in [3.8, 4) is 17.2 Å².